The van der Waals surface area contributed by atoms with Gasteiger partial charge in [-0.25, -0.2) is 8.42 Å². The smallest absolute Gasteiger partial charge is 0.264 e. The van der Waals surface area contributed by atoms with Crippen LogP contribution in [0.5, 0.6) is 0 Å². The van der Waals surface area contributed by atoms with Crippen LogP contribution >= 0.6 is 0 Å². The minimum Gasteiger partial charge on any atom is -0.358 e. The molecule has 5 rings (SSSR count). The Morgan fingerprint density at radius 2 is 1.82 bits per heavy atom. The predicted molar refractivity (Wildman–Crippen MR) is 136 cm³/mol. The number of hydrogen-bond donors (Lipinski definition) is 2. The maximum absolute atomic E-state index is 13.1. The van der Waals surface area contributed by atoms with Crippen molar-refractivity contribution in [3.8, 4) is 0 Å². The quantitative estimate of drug-likeness (QED) is 0.409. The van der Waals surface area contributed by atoms with Crippen molar-refractivity contribution >= 4 is 38.2 Å². The fourth-order valence-electron chi connectivity index (χ4n) is 4.60. The summed E-state index contributed by atoms with van der Waals surface area (Å²) in [7, 11) is -2.26. The van der Waals surface area contributed by atoms with Crippen LogP contribution in [0.25, 0.3) is 10.9 Å². The highest BCUT2D eigenvalue weighted by Crippen LogP contribution is 2.32. The summed E-state index contributed by atoms with van der Waals surface area (Å²) in [5, 5.41) is 3.96. The third-order valence-corrected chi connectivity index (χ3v) is 8.35. The minimum absolute atomic E-state index is 0.112. The van der Waals surface area contributed by atoms with Crippen LogP contribution in [0, 0.1) is 5.92 Å². The number of nitrogens with zero attached hydrogens (tertiary/aromatic N) is 1. The van der Waals surface area contributed by atoms with Gasteiger partial charge < -0.3 is 10.3 Å². The number of para-hydroxylation sites is 1. The summed E-state index contributed by atoms with van der Waals surface area (Å²) >= 11 is 0. The fraction of sp³-hybridized carbons (Fsp3) is 0.222. The van der Waals surface area contributed by atoms with Gasteiger partial charge in [0, 0.05) is 34.9 Å². The first-order chi connectivity index (χ1) is 16.3. The first kappa shape index (κ1) is 22.2. The lowest BCUT2D eigenvalue weighted by Crippen LogP contribution is -2.26. The van der Waals surface area contributed by atoms with Gasteiger partial charge in [0.1, 0.15) is 0 Å². The summed E-state index contributed by atoms with van der Waals surface area (Å²) < 4.78 is 27.5. The lowest BCUT2D eigenvalue weighted by Gasteiger charge is -2.20. The van der Waals surface area contributed by atoms with E-state index in [4.69, 9.17) is 0 Å². The number of aromatic amines is 1. The molecule has 7 heteroatoms. The second kappa shape index (κ2) is 8.65. The van der Waals surface area contributed by atoms with Gasteiger partial charge in [0.15, 0.2) is 0 Å². The van der Waals surface area contributed by atoms with E-state index in [1.54, 1.807) is 42.5 Å². The normalized spacial score (nSPS) is 15.6. The number of amides is 1. The number of anilines is 2. The molecule has 1 aliphatic rings. The number of rotatable bonds is 5. The van der Waals surface area contributed by atoms with E-state index in [2.05, 4.69) is 17.2 Å². The number of carbonyl (C=O) groups excluding carboxylic acids is 1. The van der Waals surface area contributed by atoms with Gasteiger partial charge in [-0.15, -0.1) is 0 Å². The maximum atomic E-state index is 13.1. The van der Waals surface area contributed by atoms with E-state index in [0.717, 1.165) is 23.7 Å². The number of aromatic nitrogens is 1. The van der Waals surface area contributed by atoms with Gasteiger partial charge in [-0.05, 0) is 79.3 Å². The number of H-pyrrole nitrogens is 1. The molecular formula is C27H27N3O3S. The molecule has 3 aromatic carbocycles. The molecule has 1 aromatic heterocycles. The van der Waals surface area contributed by atoms with E-state index >= 15 is 0 Å². The molecule has 1 heterocycles. The van der Waals surface area contributed by atoms with E-state index in [-0.39, 0.29) is 10.8 Å². The zero-order chi connectivity index (χ0) is 23.9. The van der Waals surface area contributed by atoms with Crippen molar-refractivity contribution in [2.45, 2.75) is 31.1 Å². The van der Waals surface area contributed by atoms with Gasteiger partial charge in [-0.3, -0.25) is 9.10 Å². The third kappa shape index (κ3) is 4.07. The molecule has 0 aliphatic heterocycles. The van der Waals surface area contributed by atoms with Crippen LogP contribution in [0.15, 0.2) is 77.7 Å². The monoisotopic (exact) mass is 473 g/mol. The molecule has 0 fully saturated rings. The molecule has 1 atom stereocenters. The summed E-state index contributed by atoms with van der Waals surface area (Å²) in [5.74, 6) is 0.356. The van der Waals surface area contributed by atoms with Gasteiger partial charge >= 0.3 is 0 Å². The molecule has 1 amide bonds. The highest BCUT2D eigenvalue weighted by atomic mass is 32.2. The second-order valence-corrected chi connectivity index (χ2v) is 10.9. The standard InChI is InChI=1S/C27H27N3O3S/c1-18-11-13-25-23(15-18)24-16-19(12-14-26(24)29-25)27(31)28-20-7-6-10-22(17-20)34(32,33)30(2)21-8-4-3-5-9-21/h3-10,12,14,16-18,29H,11,13,15H2,1-2H3,(H,28,31)/t18-/m1/s1. The first-order valence-electron chi connectivity index (χ1n) is 11.4. The Kier molecular flexibility index (Phi) is 5.65. The van der Waals surface area contributed by atoms with Crippen molar-refractivity contribution in [2.75, 3.05) is 16.7 Å². The summed E-state index contributed by atoms with van der Waals surface area (Å²) in [6.45, 7) is 2.26. The van der Waals surface area contributed by atoms with Crippen LogP contribution in [0.1, 0.15) is 35.0 Å². The molecule has 0 spiro atoms. The molecule has 6 nitrogen and oxygen atoms in total. The Morgan fingerprint density at radius 1 is 1.03 bits per heavy atom. The van der Waals surface area contributed by atoms with Gasteiger partial charge in [0.2, 0.25) is 0 Å². The SMILES string of the molecule is C[C@@H]1CCc2[nH]c3ccc(C(=O)Nc4cccc(S(=O)(=O)N(C)c5ccccc5)c4)cc3c2C1. The van der Waals surface area contributed by atoms with E-state index in [1.807, 2.05) is 18.2 Å². The van der Waals surface area contributed by atoms with Gasteiger partial charge in [-0.1, -0.05) is 31.2 Å². The summed E-state index contributed by atoms with van der Waals surface area (Å²) in [5.41, 5.74) is 5.16. The largest absolute Gasteiger partial charge is 0.358 e. The number of sulfonamides is 1. The number of benzene rings is 3. The summed E-state index contributed by atoms with van der Waals surface area (Å²) in [6, 6.07) is 20.9. The molecule has 0 radical (unpaired) electrons. The molecule has 0 saturated carbocycles. The molecular weight excluding hydrogens is 446 g/mol. The average Bonchev–Trinajstić information content (AvgIpc) is 3.21. The van der Waals surface area contributed by atoms with Crippen molar-refractivity contribution in [3.05, 3.63) is 89.6 Å². The van der Waals surface area contributed by atoms with Gasteiger partial charge in [0.05, 0.1) is 10.6 Å². The van der Waals surface area contributed by atoms with Crippen molar-refractivity contribution in [1.82, 2.24) is 4.98 Å². The fourth-order valence-corrected chi connectivity index (χ4v) is 5.85. The lowest BCUT2D eigenvalue weighted by atomic mass is 9.87. The number of hydrogen-bond acceptors (Lipinski definition) is 3. The molecule has 34 heavy (non-hydrogen) atoms. The minimum atomic E-state index is -3.77. The molecule has 4 aromatic rings. The molecule has 0 unspecified atom stereocenters. The van der Waals surface area contributed by atoms with Crippen LogP contribution in [-0.2, 0) is 22.9 Å². The van der Waals surface area contributed by atoms with Crippen LogP contribution in [0.4, 0.5) is 11.4 Å². The van der Waals surface area contributed by atoms with Gasteiger partial charge in [-0.2, -0.15) is 0 Å². The first-order valence-corrected chi connectivity index (χ1v) is 12.9. The Bertz CT molecular complexity index is 1480. The molecule has 174 valence electrons. The van der Waals surface area contributed by atoms with Gasteiger partial charge in [0.25, 0.3) is 15.9 Å². The van der Waals surface area contributed by atoms with E-state index in [0.29, 0.717) is 22.9 Å². The third-order valence-electron chi connectivity index (χ3n) is 6.57. The van der Waals surface area contributed by atoms with Crippen LogP contribution in [-0.4, -0.2) is 26.4 Å². The second-order valence-electron chi connectivity index (χ2n) is 8.98. The molecule has 0 saturated heterocycles. The highest BCUT2D eigenvalue weighted by Gasteiger charge is 2.23. The molecule has 2 N–H and O–H groups in total. The number of carbonyl (C=O) groups is 1. The maximum Gasteiger partial charge on any atom is 0.264 e. The van der Waals surface area contributed by atoms with Crippen LogP contribution in [0.2, 0.25) is 0 Å². The summed E-state index contributed by atoms with van der Waals surface area (Å²) in [6.07, 6.45) is 3.21. The zero-order valence-electron chi connectivity index (χ0n) is 19.2. The summed E-state index contributed by atoms with van der Waals surface area (Å²) in [4.78, 5) is 16.7. The van der Waals surface area contributed by atoms with Crippen molar-refractivity contribution in [2.24, 2.45) is 5.92 Å². The Labute approximate surface area is 199 Å². The number of fused-ring (bicyclic) bond motifs is 3. The topological polar surface area (TPSA) is 82.3 Å². The lowest BCUT2D eigenvalue weighted by molar-refractivity contribution is 0.102. The molecule has 1 aliphatic carbocycles. The number of aryl methyl sites for hydroxylation is 1. The average molecular weight is 474 g/mol. The Hall–Kier alpha value is -3.58. The van der Waals surface area contributed by atoms with E-state index < -0.39 is 10.0 Å². The van der Waals surface area contributed by atoms with Crippen LogP contribution < -0.4 is 9.62 Å². The van der Waals surface area contributed by atoms with Crippen molar-refractivity contribution < 1.29 is 13.2 Å². The van der Waals surface area contributed by atoms with Crippen molar-refractivity contribution in [3.63, 3.8) is 0 Å². The predicted octanol–water partition coefficient (Wildman–Crippen LogP) is 5.37. The van der Waals surface area contributed by atoms with E-state index in [1.165, 1.54) is 41.2 Å². The van der Waals surface area contributed by atoms with Crippen LogP contribution in [0.3, 0.4) is 0 Å². The Morgan fingerprint density at radius 3 is 2.62 bits per heavy atom. The zero-order valence-corrected chi connectivity index (χ0v) is 20.0. The number of nitrogens with one attached hydrogen (secondary N) is 2. The van der Waals surface area contributed by atoms with E-state index in [9.17, 15) is 13.2 Å². The van der Waals surface area contributed by atoms with Crippen molar-refractivity contribution in [1.29, 1.82) is 0 Å². The highest BCUT2D eigenvalue weighted by molar-refractivity contribution is 7.92. The Balaban J connectivity index is 1.40. The molecule has 0 bridgehead atoms.